The van der Waals surface area contributed by atoms with Crippen molar-refractivity contribution in [1.82, 2.24) is 10.3 Å². The molecule has 1 aliphatic rings. The highest BCUT2D eigenvalue weighted by molar-refractivity contribution is 8.00. The Hall–Kier alpha value is -0.740. The van der Waals surface area contributed by atoms with E-state index < -0.39 is 0 Å². The van der Waals surface area contributed by atoms with Gasteiger partial charge < -0.3 is 10.2 Å². The van der Waals surface area contributed by atoms with Gasteiger partial charge in [-0.05, 0) is 26.0 Å². The van der Waals surface area contributed by atoms with Crippen LogP contribution in [0.25, 0.3) is 0 Å². The first-order valence-corrected chi connectivity index (χ1v) is 8.32. The summed E-state index contributed by atoms with van der Waals surface area (Å²) < 4.78 is 0. The lowest BCUT2D eigenvalue weighted by molar-refractivity contribution is 0.699. The van der Waals surface area contributed by atoms with Crippen LogP contribution in [0.4, 0.5) is 5.69 Å². The summed E-state index contributed by atoms with van der Waals surface area (Å²) in [4.78, 5) is 7.00. The van der Waals surface area contributed by atoms with E-state index in [-0.39, 0.29) is 0 Å². The van der Waals surface area contributed by atoms with E-state index in [1.54, 1.807) is 0 Å². The quantitative estimate of drug-likeness (QED) is 0.897. The van der Waals surface area contributed by atoms with Crippen molar-refractivity contribution in [3.05, 3.63) is 23.5 Å². The van der Waals surface area contributed by atoms with E-state index in [0.29, 0.717) is 0 Å². The second kappa shape index (κ2) is 7.15. The van der Waals surface area contributed by atoms with Crippen molar-refractivity contribution < 1.29 is 0 Å². The minimum atomic E-state index is 0.772. The molecule has 0 amide bonds. The monoisotopic (exact) mass is 279 g/mol. The lowest BCUT2D eigenvalue weighted by Gasteiger charge is -2.35. The molecule has 1 unspecified atom stereocenters. The molecule has 0 saturated carbocycles. The Morgan fingerprint density at radius 2 is 2.32 bits per heavy atom. The lowest BCUT2D eigenvalue weighted by Crippen LogP contribution is -2.38. The predicted octanol–water partition coefficient (Wildman–Crippen LogP) is 2.83. The summed E-state index contributed by atoms with van der Waals surface area (Å²) in [6, 6.07) is 2.25. The molecule has 1 aromatic rings. The lowest BCUT2D eigenvalue weighted by atomic mass is 10.1. The van der Waals surface area contributed by atoms with Gasteiger partial charge in [-0.25, -0.2) is 0 Å². The first-order chi connectivity index (χ1) is 9.24. The second-order valence-electron chi connectivity index (χ2n) is 5.08. The topological polar surface area (TPSA) is 28.2 Å². The van der Waals surface area contributed by atoms with Crippen molar-refractivity contribution in [2.45, 2.75) is 39.0 Å². The van der Waals surface area contributed by atoms with Crippen LogP contribution in [0, 0.1) is 6.92 Å². The van der Waals surface area contributed by atoms with Crippen molar-refractivity contribution >= 4 is 17.4 Å². The molecule has 2 rings (SSSR count). The van der Waals surface area contributed by atoms with Crippen LogP contribution in [0.15, 0.2) is 12.3 Å². The Kier molecular flexibility index (Phi) is 5.52. The molecule has 0 radical (unpaired) electrons. The highest BCUT2D eigenvalue weighted by Crippen LogP contribution is 2.28. The largest absolute Gasteiger partial charge is 0.369 e. The molecule has 0 aromatic carbocycles. The van der Waals surface area contributed by atoms with Crippen molar-refractivity contribution in [2.75, 3.05) is 30.3 Å². The average molecular weight is 279 g/mol. The van der Waals surface area contributed by atoms with Crippen LogP contribution in [0.1, 0.15) is 31.5 Å². The van der Waals surface area contributed by atoms with E-state index in [2.05, 4.69) is 53.8 Å². The maximum absolute atomic E-state index is 4.45. The van der Waals surface area contributed by atoms with Gasteiger partial charge in [-0.3, -0.25) is 4.98 Å². The van der Waals surface area contributed by atoms with Gasteiger partial charge in [-0.2, -0.15) is 11.8 Å². The Bertz CT molecular complexity index is 408. The first kappa shape index (κ1) is 14.7. The number of hydrogen-bond donors (Lipinski definition) is 1. The van der Waals surface area contributed by atoms with Gasteiger partial charge in [0.1, 0.15) is 0 Å². The van der Waals surface area contributed by atoms with Gasteiger partial charge in [0, 0.05) is 53.8 Å². The van der Waals surface area contributed by atoms with Crippen LogP contribution in [0.5, 0.6) is 0 Å². The molecule has 4 heteroatoms. The van der Waals surface area contributed by atoms with Gasteiger partial charge >= 0.3 is 0 Å². The standard InChI is InChI=1S/C15H25N3S/c1-4-14-11-18(6-7-19-14)15-8-12(3)17-10-13(15)9-16-5-2/h8,10,14,16H,4-7,9,11H2,1-3H3. The fourth-order valence-electron chi connectivity index (χ4n) is 2.45. The van der Waals surface area contributed by atoms with Gasteiger partial charge in [0.05, 0.1) is 0 Å². The summed E-state index contributed by atoms with van der Waals surface area (Å²) >= 11 is 2.12. The minimum Gasteiger partial charge on any atom is -0.369 e. The molecular weight excluding hydrogens is 254 g/mol. The van der Waals surface area contributed by atoms with E-state index in [4.69, 9.17) is 0 Å². The number of pyridine rings is 1. The molecule has 0 aliphatic carbocycles. The summed E-state index contributed by atoms with van der Waals surface area (Å²) in [5.74, 6) is 1.24. The maximum Gasteiger partial charge on any atom is 0.0446 e. The number of rotatable bonds is 5. The fraction of sp³-hybridized carbons (Fsp3) is 0.667. The summed E-state index contributed by atoms with van der Waals surface area (Å²) in [5.41, 5.74) is 3.82. The molecule has 1 N–H and O–H groups in total. The Balaban J connectivity index is 2.18. The number of thioether (sulfide) groups is 1. The molecule has 1 aromatic heterocycles. The zero-order chi connectivity index (χ0) is 13.7. The molecular formula is C15H25N3S. The van der Waals surface area contributed by atoms with E-state index in [1.165, 1.54) is 30.0 Å². The van der Waals surface area contributed by atoms with Crippen molar-refractivity contribution in [3.8, 4) is 0 Å². The van der Waals surface area contributed by atoms with Crippen LogP contribution < -0.4 is 10.2 Å². The normalized spacial score (nSPS) is 19.7. The summed E-state index contributed by atoms with van der Waals surface area (Å²) in [6.45, 7) is 10.8. The van der Waals surface area contributed by atoms with E-state index >= 15 is 0 Å². The Morgan fingerprint density at radius 1 is 1.47 bits per heavy atom. The summed E-state index contributed by atoms with van der Waals surface area (Å²) in [6.07, 6.45) is 3.30. The Labute approximate surface area is 121 Å². The second-order valence-corrected chi connectivity index (χ2v) is 6.49. The third kappa shape index (κ3) is 3.86. The third-order valence-electron chi connectivity index (χ3n) is 3.60. The van der Waals surface area contributed by atoms with Crippen LogP contribution in [0.3, 0.4) is 0 Å². The molecule has 106 valence electrons. The van der Waals surface area contributed by atoms with Gasteiger partial charge in [0.15, 0.2) is 0 Å². The predicted molar refractivity (Wildman–Crippen MR) is 85.1 cm³/mol. The number of aromatic nitrogens is 1. The average Bonchev–Trinajstić information content (AvgIpc) is 2.46. The molecule has 0 spiro atoms. The Morgan fingerprint density at radius 3 is 3.05 bits per heavy atom. The maximum atomic E-state index is 4.45. The molecule has 1 fully saturated rings. The van der Waals surface area contributed by atoms with Crippen LogP contribution in [-0.4, -0.2) is 35.6 Å². The van der Waals surface area contributed by atoms with Crippen molar-refractivity contribution in [3.63, 3.8) is 0 Å². The first-order valence-electron chi connectivity index (χ1n) is 7.27. The third-order valence-corrected chi connectivity index (χ3v) is 4.97. The molecule has 1 saturated heterocycles. The highest BCUT2D eigenvalue weighted by Gasteiger charge is 2.21. The van der Waals surface area contributed by atoms with Gasteiger partial charge in [0.25, 0.3) is 0 Å². The van der Waals surface area contributed by atoms with Crippen LogP contribution in [-0.2, 0) is 6.54 Å². The smallest absolute Gasteiger partial charge is 0.0446 e. The van der Waals surface area contributed by atoms with Gasteiger partial charge in [-0.1, -0.05) is 13.8 Å². The van der Waals surface area contributed by atoms with Crippen LogP contribution in [0.2, 0.25) is 0 Å². The van der Waals surface area contributed by atoms with Crippen LogP contribution >= 0.6 is 11.8 Å². The fourth-order valence-corrected chi connectivity index (χ4v) is 3.63. The van der Waals surface area contributed by atoms with Gasteiger partial charge in [0.2, 0.25) is 0 Å². The number of hydrogen-bond acceptors (Lipinski definition) is 4. The van der Waals surface area contributed by atoms with Crippen molar-refractivity contribution in [1.29, 1.82) is 0 Å². The number of anilines is 1. The molecule has 19 heavy (non-hydrogen) atoms. The molecule has 1 atom stereocenters. The number of aryl methyl sites for hydroxylation is 1. The molecule has 3 nitrogen and oxygen atoms in total. The van der Waals surface area contributed by atoms with E-state index in [1.807, 2.05) is 6.20 Å². The molecule has 0 bridgehead atoms. The molecule has 2 heterocycles. The number of nitrogens with zero attached hydrogens (tertiary/aromatic N) is 2. The van der Waals surface area contributed by atoms with E-state index in [0.717, 1.165) is 30.6 Å². The van der Waals surface area contributed by atoms with Gasteiger partial charge in [-0.15, -0.1) is 0 Å². The summed E-state index contributed by atoms with van der Waals surface area (Å²) in [7, 11) is 0. The van der Waals surface area contributed by atoms with E-state index in [9.17, 15) is 0 Å². The highest BCUT2D eigenvalue weighted by atomic mass is 32.2. The summed E-state index contributed by atoms with van der Waals surface area (Å²) in [5, 5.41) is 4.19. The zero-order valence-corrected chi connectivity index (χ0v) is 13.1. The number of nitrogens with one attached hydrogen (secondary N) is 1. The van der Waals surface area contributed by atoms with Crippen molar-refractivity contribution in [2.24, 2.45) is 0 Å². The minimum absolute atomic E-state index is 0.772. The molecule has 1 aliphatic heterocycles. The SMILES string of the molecule is CCNCc1cnc(C)cc1N1CCSC(CC)C1. The zero-order valence-electron chi connectivity index (χ0n) is 12.3.